The molecule has 2 aromatic carbocycles. The Balaban J connectivity index is 2.40. The second-order valence-corrected chi connectivity index (χ2v) is 7.74. The van der Waals surface area contributed by atoms with E-state index in [2.05, 4.69) is 5.10 Å². The molecule has 3 aromatic rings. The van der Waals surface area contributed by atoms with Crippen molar-refractivity contribution in [2.75, 3.05) is 0 Å². The predicted octanol–water partition coefficient (Wildman–Crippen LogP) is 4.48. The van der Waals surface area contributed by atoms with Crippen LogP contribution in [0.25, 0.3) is 22.4 Å². The number of halogens is 3. The van der Waals surface area contributed by atoms with E-state index in [1.54, 1.807) is 37.3 Å². The molecule has 0 bridgehead atoms. The minimum atomic E-state index is -4.08. The van der Waals surface area contributed by atoms with Crippen LogP contribution in [0.2, 0.25) is 5.02 Å². The Bertz CT molecular complexity index is 1080. The molecule has 9 heteroatoms. The zero-order valence-corrected chi connectivity index (χ0v) is 15.8. The summed E-state index contributed by atoms with van der Waals surface area (Å²) in [6.45, 7) is 1.87. The lowest BCUT2D eigenvalue weighted by atomic mass is 9.99. The van der Waals surface area contributed by atoms with Gasteiger partial charge in [0, 0.05) is 22.7 Å². The van der Waals surface area contributed by atoms with Gasteiger partial charge in [0.25, 0.3) is 6.43 Å². The highest BCUT2D eigenvalue weighted by molar-refractivity contribution is 7.89. The summed E-state index contributed by atoms with van der Waals surface area (Å²) < 4.78 is 52.9. The van der Waals surface area contributed by atoms with E-state index >= 15 is 0 Å². The van der Waals surface area contributed by atoms with E-state index in [4.69, 9.17) is 16.7 Å². The smallest absolute Gasteiger partial charge is 0.263 e. The molecule has 0 unspecified atom stereocenters. The number of nitrogens with two attached hydrogens (primary N) is 1. The zero-order chi connectivity index (χ0) is 19.8. The standard InChI is InChI=1S/C18H16ClF2N3O2S/c1-2-24-17(18(20)21)15(11-7-9-12(19)10-8-11)16(23-24)13-5-3-4-6-14(13)27(22,25)26/h3-10,18H,2H2,1H3,(H2,22,25,26). The molecular weight excluding hydrogens is 396 g/mol. The fourth-order valence-electron chi connectivity index (χ4n) is 2.94. The summed E-state index contributed by atoms with van der Waals surface area (Å²) in [5.41, 5.74) is 0.602. The molecule has 0 spiro atoms. The Labute approximate surface area is 160 Å². The van der Waals surface area contributed by atoms with Gasteiger partial charge in [0.15, 0.2) is 0 Å². The molecule has 1 heterocycles. The highest BCUT2D eigenvalue weighted by Crippen LogP contribution is 2.41. The average molecular weight is 412 g/mol. The third kappa shape index (κ3) is 3.73. The van der Waals surface area contributed by atoms with Crippen molar-refractivity contribution in [2.45, 2.75) is 24.8 Å². The fraction of sp³-hybridized carbons (Fsp3) is 0.167. The van der Waals surface area contributed by atoms with Gasteiger partial charge < -0.3 is 0 Å². The second kappa shape index (κ2) is 7.38. The molecule has 1 aromatic heterocycles. The zero-order valence-electron chi connectivity index (χ0n) is 14.2. The molecule has 3 rings (SSSR count). The normalized spacial score (nSPS) is 11.9. The van der Waals surface area contributed by atoms with Crippen molar-refractivity contribution in [3.63, 3.8) is 0 Å². The highest BCUT2D eigenvalue weighted by atomic mass is 35.5. The summed E-state index contributed by atoms with van der Waals surface area (Å²) in [4.78, 5) is -0.179. The minimum Gasteiger partial charge on any atom is -0.263 e. The molecule has 27 heavy (non-hydrogen) atoms. The Morgan fingerprint density at radius 2 is 1.78 bits per heavy atom. The lowest BCUT2D eigenvalue weighted by Crippen LogP contribution is -2.13. The first-order valence-corrected chi connectivity index (χ1v) is 9.93. The largest absolute Gasteiger partial charge is 0.280 e. The Kier molecular flexibility index (Phi) is 5.32. The molecule has 0 fully saturated rings. The summed E-state index contributed by atoms with van der Waals surface area (Å²) in [6, 6.07) is 12.3. The van der Waals surface area contributed by atoms with Gasteiger partial charge in [-0.3, -0.25) is 4.68 Å². The van der Waals surface area contributed by atoms with Crippen LogP contribution in [0.15, 0.2) is 53.4 Å². The maximum absolute atomic E-state index is 13.9. The van der Waals surface area contributed by atoms with Crippen molar-refractivity contribution in [3.8, 4) is 22.4 Å². The van der Waals surface area contributed by atoms with E-state index in [0.29, 0.717) is 10.6 Å². The number of rotatable bonds is 5. The maximum atomic E-state index is 13.9. The maximum Gasteiger partial charge on any atom is 0.280 e. The van der Waals surface area contributed by atoms with Crippen molar-refractivity contribution < 1.29 is 17.2 Å². The van der Waals surface area contributed by atoms with Gasteiger partial charge in [-0.1, -0.05) is 41.9 Å². The van der Waals surface area contributed by atoms with Gasteiger partial charge in [-0.05, 0) is 30.7 Å². The quantitative estimate of drug-likeness (QED) is 0.672. The molecule has 0 aliphatic rings. The highest BCUT2D eigenvalue weighted by Gasteiger charge is 2.28. The number of aryl methyl sites for hydroxylation is 1. The third-order valence-electron chi connectivity index (χ3n) is 4.08. The molecule has 0 amide bonds. The summed E-state index contributed by atoms with van der Waals surface area (Å²) in [5, 5.41) is 10.0. The van der Waals surface area contributed by atoms with E-state index in [0.717, 1.165) is 0 Å². The number of hydrogen-bond donors (Lipinski definition) is 1. The van der Waals surface area contributed by atoms with Crippen LogP contribution in [0.4, 0.5) is 8.78 Å². The number of nitrogens with zero attached hydrogens (tertiary/aromatic N) is 2. The number of alkyl halides is 2. The van der Waals surface area contributed by atoms with Gasteiger partial charge in [0.05, 0.1) is 4.90 Å². The van der Waals surface area contributed by atoms with Gasteiger partial charge >= 0.3 is 0 Å². The van der Waals surface area contributed by atoms with Gasteiger partial charge in [0.2, 0.25) is 10.0 Å². The van der Waals surface area contributed by atoms with Crippen LogP contribution in [-0.4, -0.2) is 18.2 Å². The van der Waals surface area contributed by atoms with Gasteiger partial charge in [-0.25, -0.2) is 22.3 Å². The van der Waals surface area contributed by atoms with Crippen molar-refractivity contribution in [3.05, 3.63) is 59.2 Å². The molecule has 0 saturated carbocycles. The van der Waals surface area contributed by atoms with Crippen LogP contribution in [0.1, 0.15) is 19.0 Å². The topological polar surface area (TPSA) is 78.0 Å². The van der Waals surface area contributed by atoms with Crippen LogP contribution in [0.5, 0.6) is 0 Å². The number of sulfonamides is 1. The van der Waals surface area contributed by atoms with Crippen LogP contribution in [-0.2, 0) is 16.6 Å². The van der Waals surface area contributed by atoms with Gasteiger partial charge in [-0.15, -0.1) is 0 Å². The predicted molar refractivity (Wildman–Crippen MR) is 100 cm³/mol. The van der Waals surface area contributed by atoms with Gasteiger partial charge in [-0.2, -0.15) is 5.10 Å². The van der Waals surface area contributed by atoms with Crippen LogP contribution < -0.4 is 5.14 Å². The SMILES string of the molecule is CCn1nc(-c2ccccc2S(N)(=O)=O)c(-c2ccc(Cl)cc2)c1C(F)F. The van der Waals surface area contributed by atoms with Crippen molar-refractivity contribution in [1.82, 2.24) is 9.78 Å². The van der Waals surface area contributed by atoms with Crippen molar-refractivity contribution >= 4 is 21.6 Å². The Morgan fingerprint density at radius 3 is 2.33 bits per heavy atom. The number of aromatic nitrogens is 2. The van der Waals surface area contributed by atoms with Crippen LogP contribution in [0.3, 0.4) is 0 Å². The molecule has 0 radical (unpaired) electrons. The first-order valence-electron chi connectivity index (χ1n) is 8.01. The first-order chi connectivity index (χ1) is 12.7. The molecule has 0 aliphatic carbocycles. The van der Waals surface area contributed by atoms with E-state index in [9.17, 15) is 17.2 Å². The van der Waals surface area contributed by atoms with Crippen LogP contribution in [0, 0.1) is 0 Å². The summed E-state index contributed by atoms with van der Waals surface area (Å²) in [5.74, 6) is 0. The van der Waals surface area contributed by atoms with E-state index in [-0.39, 0.29) is 34.0 Å². The molecule has 142 valence electrons. The minimum absolute atomic E-state index is 0.124. The molecule has 2 N–H and O–H groups in total. The molecule has 5 nitrogen and oxygen atoms in total. The van der Waals surface area contributed by atoms with E-state index in [1.807, 2.05) is 0 Å². The Morgan fingerprint density at radius 1 is 1.15 bits per heavy atom. The van der Waals surface area contributed by atoms with Crippen molar-refractivity contribution in [1.29, 1.82) is 0 Å². The Hall–Kier alpha value is -2.29. The fourth-order valence-corrected chi connectivity index (χ4v) is 3.80. The molecule has 0 aliphatic heterocycles. The van der Waals surface area contributed by atoms with E-state index in [1.165, 1.54) is 22.9 Å². The van der Waals surface area contributed by atoms with E-state index < -0.39 is 16.4 Å². The average Bonchev–Trinajstić information content (AvgIpc) is 3.01. The summed E-state index contributed by atoms with van der Waals surface area (Å²) >= 11 is 5.91. The third-order valence-corrected chi connectivity index (χ3v) is 5.30. The second-order valence-electron chi connectivity index (χ2n) is 5.77. The number of primary sulfonamides is 1. The van der Waals surface area contributed by atoms with Crippen LogP contribution >= 0.6 is 11.6 Å². The summed E-state index contributed by atoms with van der Waals surface area (Å²) in [7, 11) is -4.08. The number of hydrogen-bond acceptors (Lipinski definition) is 3. The monoisotopic (exact) mass is 411 g/mol. The molecule has 0 saturated heterocycles. The van der Waals surface area contributed by atoms with Gasteiger partial charge in [0.1, 0.15) is 11.4 Å². The lowest BCUT2D eigenvalue weighted by molar-refractivity contribution is 0.140. The number of benzene rings is 2. The van der Waals surface area contributed by atoms with Crippen molar-refractivity contribution in [2.24, 2.45) is 5.14 Å². The molecular formula is C18H16ClF2N3O2S. The summed E-state index contributed by atoms with van der Waals surface area (Å²) in [6.07, 6.45) is -2.81. The first kappa shape index (κ1) is 19.5. The lowest BCUT2D eigenvalue weighted by Gasteiger charge is -2.10. The molecule has 0 atom stereocenters.